The Bertz CT molecular complexity index is 1150. The number of likely N-dealkylation sites (tertiary alicyclic amines) is 1. The van der Waals surface area contributed by atoms with Crippen molar-refractivity contribution in [3.8, 4) is 0 Å². The molecule has 2 aromatic carbocycles. The fourth-order valence-corrected chi connectivity index (χ4v) is 4.28. The number of piperidine rings is 1. The Kier molecular flexibility index (Phi) is 7.29. The topological polar surface area (TPSA) is 91.5 Å². The fourth-order valence-electron chi connectivity index (χ4n) is 4.06. The fraction of sp³-hybridized carbons (Fsp3) is 0.320. The molecule has 0 saturated carbocycles. The van der Waals surface area contributed by atoms with Crippen molar-refractivity contribution in [3.05, 3.63) is 70.9 Å². The quantitative estimate of drug-likeness (QED) is 0.518. The average molecular weight is 468 g/mol. The summed E-state index contributed by atoms with van der Waals surface area (Å²) in [4.78, 5) is 43.2. The first-order valence-corrected chi connectivity index (χ1v) is 11.5. The summed E-state index contributed by atoms with van der Waals surface area (Å²) in [5.41, 5.74) is 2.05. The number of ether oxygens (including phenoxy) is 1. The lowest BCUT2D eigenvalue weighted by molar-refractivity contribution is -0.153. The molecule has 1 saturated heterocycles. The van der Waals surface area contributed by atoms with Gasteiger partial charge in [0.1, 0.15) is 6.04 Å². The first kappa shape index (κ1) is 22.9. The second kappa shape index (κ2) is 10.5. The van der Waals surface area contributed by atoms with E-state index in [-0.39, 0.29) is 29.5 Å². The van der Waals surface area contributed by atoms with E-state index in [1.165, 1.54) is 0 Å². The molecule has 4 rings (SSSR count). The summed E-state index contributed by atoms with van der Waals surface area (Å²) in [6, 6.07) is 13.3. The highest BCUT2D eigenvalue weighted by Crippen LogP contribution is 2.20. The maximum absolute atomic E-state index is 13.0. The predicted molar refractivity (Wildman–Crippen MR) is 126 cm³/mol. The number of esters is 1. The van der Waals surface area contributed by atoms with Gasteiger partial charge < -0.3 is 19.9 Å². The third-order valence-electron chi connectivity index (χ3n) is 5.85. The van der Waals surface area contributed by atoms with Crippen LogP contribution in [0.4, 0.5) is 0 Å². The van der Waals surface area contributed by atoms with Gasteiger partial charge in [0.05, 0.1) is 10.6 Å². The number of aromatic amines is 1. The standard InChI is InChI=1S/C25H26ClN3O4/c26-20-10-4-2-9-19(20)24(31)28-22(14-17-15-27-21-11-5-3-8-18(17)21)25(32)33-16-23(30)29-12-6-1-7-13-29/h2-5,8-11,15,22,27H,1,6-7,12-14,16H2,(H,28,31). The third-order valence-corrected chi connectivity index (χ3v) is 6.18. The smallest absolute Gasteiger partial charge is 0.329 e. The van der Waals surface area contributed by atoms with Crippen molar-refractivity contribution >= 4 is 40.3 Å². The summed E-state index contributed by atoms with van der Waals surface area (Å²) in [6.07, 6.45) is 5.03. The van der Waals surface area contributed by atoms with Gasteiger partial charge in [-0.3, -0.25) is 9.59 Å². The highest BCUT2D eigenvalue weighted by molar-refractivity contribution is 6.33. The Morgan fingerprint density at radius 1 is 1.03 bits per heavy atom. The Balaban J connectivity index is 1.50. The van der Waals surface area contributed by atoms with Gasteiger partial charge in [-0.2, -0.15) is 0 Å². The lowest BCUT2D eigenvalue weighted by Gasteiger charge is -2.26. The van der Waals surface area contributed by atoms with E-state index >= 15 is 0 Å². The van der Waals surface area contributed by atoms with E-state index in [0.29, 0.717) is 13.1 Å². The zero-order valence-corrected chi connectivity index (χ0v) is 18.9. The number of benzene rings is 2. The number of nitrogens with zero attached hydrogens (tertiary/aromatic N) is 1. The zero-order valence-electron chi connectivity index (χ0n) is 18.2. The highest BCUT2D eigenvalue weighted by atomic mass is 35.5. The Morgan fingerprint density at radius 2 is 1.76 bits per heavy atom. The predicted octanol–water partition coefficient (Wildman–Crippen LogP) is 3.72. The van der Waals surface area contributed by atoms with Gasteiger partial charge in [-0.15, -0.1) is 0 Å². The summed E-state index contributed by atoms with van der Waals surface area (Å²) in [6.45, 7) is 1.02. The SMILES string of the molecule is O=C(NC(Cc1c[nH]c2ccccc12)C(=O)OCC(=O)N1CCCCC1)c1ccccc1Cl. The van der Waals surface area contributed by atoms with Gasteiger partial charge in [0.15, 0.2) is 6.61 Å². The molecule has 2 heterocycles. The van der Waals surface area contributed by atoms with Crippen LogP contribution in [0.3, 0.4) is 0 Å². The van der Waals surface area contributed by atoms with E-state index in [1.807, 2.05) is 30.5 Å². The Morgan fingerprint density at radius 3 is 2.55 bits per heavy atom. The van der Waals surface area contributed by atoms with E-state index in [2.05, 4.69) is 10.3 Å². The van der Waals surface area contributed by atoms with Crippen LogP contribution in [0.2, 0.25) is 5.02 Å². The Labute approximate surface area is 197 Å². The minimum atomic E-state index is -0.984. The first-order chi connectivity index (χ1) is 16.0. The minimum absolute atomic E-state index is 0.205. The third kappa shape index (κ3) is 5.54. The number of carbonyl (C=O) groups excluding carboxylic acids is 3. The van der Waals surface area contributed by atoms with Gasteiger partial charge in [0, 0.05) is 36.6 Å². The van der Waals surface area contributed by atoms with Crippen molar-refractivity contribution in [1.29, 1.82) is 0 Å². The number of halogens is 1. The van der Waals surface area contributed by atoms with Crippen LogP contribution < -0.4 is 5.32 Å². The molecule has 2 N–H and O–H groups in total. The number of carbonyl (C=O) groups is 3. The summed E-state index contributed by atoms with van der Waals surface area (Å²) in [5, 5.41) is 3.98. The normalized spacial score (nSPS) is 14.6. The van der Waals surface area contributed by atoms with Crippen LogP contribution in [0, 0.1) is 0 Å². The van der Waals surface area contributed by atoms with Gasteiger partial charge in [-0.05, 0) is 43.0 Å². The van der Waals surface area contributed by atoms with Crippen LogP contribution in [0.15, 0.2) is 54.7 Å². The first-order valence-electron chi connectivity index (χ1n) is 11.1. The second-order valence-corrected chi connectivity index (χ2v) is 8.53. The number of nitrogens with one attached hydrogen (secondary N) is 2. The van der Waals surface area contributed by atoms with E-state index < -0.39 is 17.9 Å². The summed E-state index contributed by atoms with van der Waals surface area (Å²) in [5.74, 6) is -1.36. The van der Waals surface area contributed by atoms with Gasteiger partial charge in [0.25, 0.3) is 11.8 Å². The van der Waals surface area contributed by atoms with Crippen molar-refractivity contribution in [3.63, 3.8) is 0 Å². The monoisotopic (exact) mass is 467 g/mol. The van der Waals surface area contributed by atoms with Crippen molar-refractivity contribution in [2.24, 2.45) is 0 Å². The molecule has 1 aliphatic heterocycles. The number of fused-ring (bicyclic) bond motifs is 1. The van der Waals surface area contributed by atoms with E-state index in [1.54, 1.807) is 29.2 Å². The molecule has 0 radical (unpaired) electrons. The molecule has 1 aromatic heterocycles. The molecule has 8 heteroatoms. The molecule has 1 fully saturated rings. The molecular weight excluding hydrogens is 442 g/mol. The summed E-state index contributed by atoms with van der Waals surface area (Å²) >= 11 is 6.16. The number of amides is 2. The minimum Gasteiger partial charge on any atom is -0.454 e. The zero-order chi connectivity index (χ0) is 23.2. The molecule has 3 aromatic rings. The highest BCUT2D eigenvalue weighted by Gasteiger charge is 2.27. The van der Waals surface area contributed by atoms with Crippen molar-refractivity contribution in [2.75, 3.05) is 19.7 Å². The molecule has 2 amide bonds. The van der Waals surface area contributed by atoms with Crippen LogP contribution in [-0.4, -0.2) is 53.4 Å². The molecule has 1 atom stereocenters. The number of H-pyrrole nitrogens is 1. The molecule has 0 spiro atoms. The maximum Gasteiger partial charge on any atom is 0.329 e. The lowest BCUT2D eigenvalue weighted by Crippen LogP contribution is -2.45. The number of hydrogen-bond donors (Lipinski definition) is 2. The van der Waals surface area contributed by atoms with Crippen LogP contribution in [0.25, 0.3) is 10.9 Å². The van der Waals surface area contributed by atoms with Crippen molar-refractivity contribution < 1.29 is 19.1 Å². The Hall–Kier alpha value is -3.32. The molecule has 172 valence electrons. The molecule has 0 aliphatic carbocycles. The second-order valence-electron chi connectivity index (χ2n) is 8.12. The number of hydrogen-bond acceptors (Lipinski definition) is 4. The van der Waals surface area contributed by atoms with Crippen LogP contribution in [-0.2, 0) is 20.7 Å². The molecule has 7 nitrogen and oxygen atoms in total. The number of aromatic nitrogens is 1. The van der Waals surface area contributed by atoms with Gasteiger partial charge in [-0.25, -0.2) is 4.79 Å². The van der Waals surface area contributed by atoms with Gasteiger partial charge in [0.2, 0.25) is 0 Å². The number of rotatable bonds is 7. The molecule has 1 aliphatic rings. The van der Waals surface area contributed by atoms with Gasteiger partial charge >= 0.3 is 5.97 Å². The van der Waals surface area contributed by atoms with Crippen LogP contribution in [0.5, 0.6) is 0 Å². The lowest BCUT2D eigenvalue weighted by atomic mass is 10.0. The van der Waals surface area contributed by atoms with Crippen molar-refractivity contribution in [1.82, 2.24) is 15.2 Å². The van der Waals surface area contributed by atoms with Crippen LogP contribution >= 0.6 is 11.6 Å². The molecule has 1 unspecified atom stereocenters. The molecular formula is C25H26ClN3O4. The maximum atomic E-state index is 13.0. The molecule has 33 heavy (non-hydrogen) atoms. The summed E-state index contributed by atoms with van der Waals surface area (Å²) < 4.78 is 5.36. The largest absolute Gasteiger partial charge is 0.454 e. The molecule has 0 bridgehead atoms. The van der Waals surface area contributed by atoms with Gasteiger partial charge in [-0.1, -0.05) is 41.9 Å². The number of para-hydroxylation sites is 1. The summed E-state index contributed by atoms with van der Waals surface area (Å²) in [7, 11) is 0. The van der Waals surface area contributed by atoms with Crippen molar-refractivity contribution in [2.45, 2.75) is 31.7 Å². The van der Waals surface area contributed by atoms with E-state index in [4.69, 9.17) is 16.3 Å². The average Bonchev–Trinajstić information content (AvgIpc) is 3.25. The van der Waals surface area contributed by atoms with Crippen LogP contribution in [0.1, 0.15) is 35.2 Å². The van der Waals surface area contributed by atoms with E-state index in [9.17, 15) is 14.4 Å². The van der Waals surface area contributed by atoms with E-state index in [0.717, 1.165) is 35.7 Å².